The summed E-state index contributed by atoms with van der Waals surface area (Å²) in [7, 11) is -4.43. The first kappa shape index (κ1) is 23.1. The fourth-order valence-electron chi connectivity index (χ4n) is 4.01. The third-order valence-corrected chi connectivity index (χ3v) is 6.90. The number of benzene rings is 2. The minimum Gasteiger partial charge on any atom is -0.378 e. The maximum absolute atomic E-state index is 13.2. The molecule has 1 heterocycles. The molecule has 0 aliphatic carbocycles. The largest absolute Gasteiger partial charge is 0.416 e. The van der Waals surface area contributed by atoms with Crippen LogP contribution >= 0.6 is 0 Å². The van der Waals surface area contributed by atoms with E-state index in [9.17, 15) is 30.9 Å². The van der Waals surface area contributed by atoms with Crippen molar-refractivity contribution in [1.29, 1.82) is 0 Å². The second-order valence-electron chi connectivity index (χ2n) is 8.41. The van der Waals surface area contributed by atoms with Crippen molar-refractivity contribution in [2.24, 2.45) is 5.73 Å². The number of carbonyl (C=O) groups excluding carboxylic acids is 1. The zero-order valence-corrected chi connectivity index (χ0v) is 17.9. The van der Waals surface area contributed by atoms with Crippen LogP contribution in [0.4, 0.5) is 18.9 Å². The van der Waals surface area contributed by atoms with Gasteiger partial charge in [-0.25, -0.2) is 0 Å². The normalized spacial score (nSPS) is 19.3. The van der Waals surface area contributed by atoms with E-state index in [2.05, 4.69) is 5.32 Å². The number of anilines is 1. The maximum Gasteiger partial charge on any atom is 0.416 e. The Hall–Kier alpha value is -2.59. The van der Waals surface area contributed by atoms with Gasteiger partial charge in [0.25, 0.3) is 10.1 Å². The smallest absolute Gasteiger partial charge is 0.378 e. The molecule has 4 N–H and O–H groups in total. The van der Waals surface area contributed by atoms with Gasteiger partial charge in [0.05, 0.1) is 11.6 Å². The Bertz CT molecular complexity index is 1140. The minimum atomic E-state index is -4.48. The van der Waals surface area contributed by atoms with Gasteiger partial charge in [0.2, 0.25) is 5.91 Å². The van der Waals surface area contributed by atoms with E-state index in [1.54, 1.807) is 13.8 Å². The zero-order chi connectivity index (χ0) is 23.4. The zero-order valence-electron chi connectivity index (χ0n) is 17.1. The molecule has 3 rings (SSSR count). The molecular formula is C21H23F3N2O4S. The molecule has 0 bridgehead atoms. The molecule has 2 aromatic carbocycles. The summed E-state index contributed by atoms with van der Waals surface area (Å²) >= 11 is 0. The van der Waals surface area contributed by atoms with Gasteiger partial charge in [0.15, 0.2) is 0 Å². The third kappa shape index (κ3) is 4.54. The monoisotopic (exact) mass is 456 g/mol. The van der Waals surface area contributed by atoms with Crippen molar-refractivity contribution in [2.45, 2.75) is 50.1 Å². The van der Waals surface area contributed by atoms with Gasteiger partial charge in [-0.15, -0.1) is 0 Å². The molecule has 1 amide bonds. The summed E-state index contributed by atoms with van der Waals surface area (Å²) in [6.45, 7) is 4.91. The molecule has 0 saturated carbocycles. The first-order chi connectivity index (χ1) is 14.1. The van der Waals surface area contributed by atoms with E-state index in [4.69, 9.17) is 5.73 Å². The highest BCUT2D eigenvalue weighted by Crippen LogP contribution is 2.47. The van der Waals surface area contributed by atoms with Crippen molar-refractivity contribution in [3.05, 3.63) is 64.2 Å². The Labute approximate surface area is 178 Å². The van der Waals surface area contributed by atoms with E-state index in [0.29, 0.717) is 23.2 Å². The van der Waals surface area contributed by atoms with E-state index in [-0.39, 0.29) is 11.1 Å². The second-order valence-corrected chi connectivity index (χ2v) is 10.1. The number of hydrogen-bond donors (Lipinski definition) is 3. The van der Waals surface area contributed by atoms with Gasteiger partial charge in [0, 0.05) is 11.3 Å². The lowest BCUT2D eigenvalue weighted by molar-refractivity contribution is -0.137. The van der Waals surface area contributed by atoms with Gasteiger partial charge in [-0.1, -0.05) is 19.9 Å². The number of nitrogens with one attached hydrogen (secondary N) is 1. The lowest BCUT2D eigenvalue weighted by Crippen LogP contribution is -2.32. The van der Waals surface area contributed by atoms with Crippen molar-refractivity contribution in [3.63, 3.8) is 0 Å². The standard InChI is InChI=1S/C21H23F3N2O4S/c1-11(31(28,29)30)14-6-4-12(19(25)27)8-15(14)18-10-20(2,3)16-9-13(21(22,23)24)5-7-17(16)26-18/h4-9,11,18,26H,10H2,1-3H3,(H2,25,27)(H,28,29,30). The molecule has 168 valence electrons. The fraction of sp³-hybridized carbons (Fsp3) is 0.381. The topological polar surface area (TPSA) is 109 Å². The van der Waals surface area contributed by atoms with Gasteiger partial charge >= 0.3 is 6.18 Å². The van der Waals surface area contributed by atoms with E-state index >= 15 is 0 Å². The van der Waals surface area contributed by atoms with Crippen molar-refractivity contribution < 1.29 is 30.9 Å². The van der Waals surface area contributed by atoms with Gasteiger partial charge < -0.3 is 11.1 Å². The van der Waals surface area contributed by atoms with Crippen LogP contribution in [-0.4, -0.2) is 18.9 Å². The molecule has 10 heteroatoms. The van der Waals surface area contributed by atoms with Crippen LogP contribution in [0.25, 0.3) is 0 Å². The van der Waals surface area contributed by atoms with Crippen molar-refractivity contribution in [3.8, 4) is 0 Å². The molecule has 1 aliphatic heterocycles. The average molecular weight is 456 g/mol. The number of fused-ring (bicyclic) bond motifs is 1. The molecule has 0 spiro atoms. The maximum atomic E-state index is 13.2. The summed E-state index contributed by atoms with van der Waals surface area (Å²) < 4.78 is 72.7. The molecule has 2 atom stereocenters. The molecular weight excluding hydrogens is 433 g/mol. The van der Waals surface area contributed by atoms with Gasteiger partial charge in [-0.3, -0.25) is 9.35 Å². The molecule has 2 aromatic rings. The van der Waals surface area contributed by atoms with E-state index in [1.807, 2.05) is 0 Å². The molecule has 0 radical (unpaired) electrons. The Morgan fingerprint density at radius 2 is 1.87 bits per heavy atom. The van der Waals surface area contributed by atoms with Crippen LogP contribution in [0.3, 0.4) is 0 Å². The number of alkyl halides is 3. The number of carbonyl (C=O) groups is 1. The number of nitrogens with two attached hydrogens (primary N) is 1. The summed E-state index contributed by atoms with van der Waals surface area (Å²) in [6.07, 6.45) is -4.16. The SMILES string of the molecule is CC(c1ccc(C(N)=O)cc1C1CC(C)(C)c2cc(C(F)(F)F)ccc2N1)S(=O)(=O)O. The fourth-order valence-corrected chi connectivity index (χ4v) is 4.55. The van der Waals surface area contributed by atoms with Crippen LogP contribution < -0.4 is 11.1 Å². The second kappa shape index (κ2) is 7.52. The lowest BCUT2D eigenvalue weighted by Gasteiger charge is -2.40. The Morgan fingerprint density at radius 1 is 1.23 bits per heavy atom. The number of halogens is 3. The van der Waals surface area contributed by atoms with Gasteiger partial charge in [0.1, 0.15) is 5.25 Å². The third-order valence-electron chi connectivity index (χ3n) is 5.75. The van der Waals surface area contributed by atoms with Crippen molar-refractivity contribution in [1.82, 2.24) is 0 Å². The predicted molar refractivity (Wildman–Crippen MR) is 110 cm³/mol. The lowest BCUT2D eigenvalue weighted by atomic mass is 9.73. The number of hydrogen-bond acceptors (Lipinski definition) is 4. The molecule has 31 heavy (non-hydrogen) atoms. The van der Waals surface area contributed by atoms with E-state index in [0.717, 1.165) is 12.1 Å². The summed E-state index contributed by atoms with van der Waals surface area (Å²) in [5.74, 6) is -0.711. The van der Waals surface area contributed by atoms with E-state index in [1.165, 1.54) is 31.2 Å². The van der Waals surface area contributed by atoms with Crippen LogP contribution in [0.15, 0.2) is 36.4 Å². The number of amides is 1. The highest BCUT2D eigenvalue weighted by molar-refractivity contribution is 7.86. The Morgan fingerprint density at radius 3 is 2.42 bits per heavy atom. The summed E-state index contributed by atoms with van der Waals surface area (Å²) in [6, 6.07) is 7.16. The van der Waals surface area contributed by atoms with E-state index < -0.39 is 44.5 Å². The quantitative estimate of drug-likeness (QED) is 0.583. The first-order valence-electron chi connectivity index (χ1n) is 9.49. The number of primary amides is 1. The molecule has 1 aliphatic rings. The van der Waals surface area contributed by atoms with Crippen LogP contribution in [0.2, 0.25) is 0 Å². The van der Waals surface area contributed by atoms with Gasteiger partial charge in [-0.05, 0) is 65.8 Å². The highest BCUT2D eigenvalue weighted by atomic mass is 32.2. The van der Waals surface area contributed by atoms with Gasteiger partial charge in [-0.2, -0.15) is 21.6 Å². The van der Waals surface area contributed by atoms with Crippen molar-refractivity contribution >= 4 is 21.7 Å². The highest BCUT2D eigenvalue weighted by Gasteiger charge is 2.38. The van der Waals surface area contributed by atoms with Crippen molar-refractivity contribution in [2.75, 3.05) is 5.32 Å². The summed E-state index contributed by atoms with van der Waals surface area (Å²) in [5, 5.41) is 1.89. The molecule has 2 unspecified atom stereocenters. The van der Waals surface area contributed by atoms with Crippen LogP contribution in [0.1, 0.15) is 71.1 Å². The predicted octanol–water partition coefficient (Wildman–Crippen LogP) is 4.59. The average Bonchev–Trinajstić information content (AvgIpc) is 2.64. The van der Waals surface area contributed by atoms with Crippen LogP contribution in [0, 0.1) is 0 Å². The number of rotatable bonds is 4. The summed E-state index contributed by atoms with van der Waals surface area (Å²) in [5.41, 5.74) is 5.74. The Kier molecular flexibility index (Phi) is 5.60. The summed E-state index contributed by atoms with van der Waals surface area (Å²) in [4.78, 5) is 11.7. The first-order valence-corrected chi connectivity index (χ1v) is 11.0. The molecule has 6 nitrogen and oxygen atoms in total. The molecule has 0 saturated heterocycles. The Balaban J connectivity index is 2.14. The molecule has 0 aromatic heterocycles. The van der Waals surface area contributed by atoms with Crippen LogP contribution in [-0.2, 0) is 21.7 Å². The minimum absolute atomic E-state index is 0.152. The van der Waals surface area contributed by atoms with Crippen LogP contribution in [0.5, 0.6) is 0 Å². The molecule has 0 fully saturated rings.